The van der Waals surface area contributed by atoms with Crippen molar-refractivity contribution in [3.05, 3.63) is 12.2 Å². The highest BCUT2D eigenvalue weighted by atomic mass is 16.7. The van der Waals surface area contributed by atoms with Gasteiger partial charge >= 0.3 is 0 Å². The molecule has 0 aromatic heterocycles. The fourth-order valence-corrected chi connectivity index (χ4v) is 2.69. The van der Waals surface area contributed by atoms with Gasteiger partial charge in [0.05, 0.1) is 11.7 Å². The minimum absolute atomic E-state index is 0.0503. The maximum atomic E-state index is 10.9. The fraction of sp³-hybridized carbons (Fsp3) is 0.882. The number of rotatable bonds is 5. The maximum Gasteiger partial charge on any atom is 0.158 e. The van der Waals surface area contributed by atoms with Crippen molar-refractivity contribution >= 4 is 0 Å². The third-order valence-electron chi connectivity index (χ3n) is 4.21. The molecule has 1 aliphatic rings. The highest BCUT2D eigenvalue weighted by Gasteiger charge is 2.40. The minimum Gasteiger partial charge on any atom is -0.385 e. The van der Waals surface area contributed by atoms with Gasteiger partial charge in [0.25, 0.3) is 0 Å². The summed E-state index contributed by atoms with van der Waals surface area (Å²) in [7, 11) is 0. The summed E-state index contributed by atoms with van der Waals surface area (Å²) < 4.78 is 11.4. The van der Waals surface area contributed by atoms with Crippen LogP contribution in [0.1, 0.15) is 60.8 Å². The Labute approximate surface area is 124 Å². The second kappa shape index (κ2) is 7.06. The van der Waals surface area contributed by atoms with Crippen LogP contribution in [0.25, 0.3) is 0 Å². The zero-order valence-corrected chi connectivity index (χ0v) is 14.0. The van der Waals surface area contributed by atoms with Crippen molar-refractivity contribution in [2.75, 3.05) is 6.61 Å². The van der Waals surface area contributed by atoms with Gasteiger partial charge in [0.1, 0.15) is 0 Å². The molecule has 1 aliphatic heterocycles. The van der Waals surface area contributed by atoms with Gasteiger partial charge in [-0.2, -0.15) is 0 Å². The van der Waals surface area contributed by atoms with Gasteiger partial charge in [0, 0.05) is 6.61 Å². The summed E-state index contributed by atoms with van der Waals surface area (Å²) >= 11 is 0. The molecule has 0 saturated carbocycles. The third kappa shape index (κ3) is 4.57. The Hall–Kier alpha value is -0.380. The van der Waals surface area contributed by atoms with E-state index in [1.807, 2.05) is 32.9 Å². The lowest BCUT2D eigenvalue weighted by atomic mass is 9.70. The summed E-state index contributed by atoms with van der Waals surface area (Å²) in [6.07, 6.45) is 6.98. The van der Waals surface area contributed by atoms with E-state index in [1.54, 1.807) is 0 Å². The van der Waals surface area contributed by atoms with Crippen molar-refractivity contribution in [3.63, 3.8) is 0 Å². The summed E-state index contributed by atoms with van der Waals surface area (Å²) in [6.45, 7) is 13.1. The lowest BCUT2D eigenvalue weighted by molar-refractivity contribution is -0.175. The summed E-state index contributed by atoms with van der Waals surface area (Å²) in [6, 6.07) is 0. The van der Waals surface area contributed by atoms with Crippen molar-refractivity contribution < 1.29 is 14.6 Å². The molecule has 118 valence electrons. The molecule has 0 spiro atoms. The molecule has 3 nitrogen and oxygen atoms in total. The van der Waals surface area contributed by atoms with Gasteiger partial charge in [-0.25, -0.2) is 0 Å². The van der Waals surface area contributed by atoms with E-state index in [4.69, 9.17) is 9.47 Å². The molecule has 0 bridgehead atoms. The average Bonchev–Trinajstić information content (AvgIpc) is 2.35. The van der Waals surface area contributed by atoms with Gasteiger partial charge in [0.15, 0.2) is 6.29 Å². The Morgan fingerprint density at radius 1 is 1.20 bits per heavy atom. The molecule has 1 rings (SSSR count). The first-order chi connectivity index (χ1) is 9.17. The van der Waals surface area contributed by atoms with Crippen LogP contribution in [0.4, 0.5) is 0 Å². The van der Waals surface area contributed by atoms with E-state index >= 15 is 0 Å². The van der Waals surface area contributed by atoms with Crippen molar-refractivity contribution in [1.82, 2.24) is 0 Å². The molecule has 0 radical (unpaired) electrons. The molecule has 0 aromatic carbocycles. The van der Waals surface area contributed by atoms with Gasteiger partial charge in [0.2, 0.25) is 0 Å². The number of hydrogen-bond acceptors (Lipinski definition) is 3. The van der Waals surface area contributed by atoms with E-state index in [1.165, 1.54) is 6.42 Å². The summed E-state index contributed by atoms with van der Waals surface area (Å²) in [4.78, 5) is 0. The normalized spacial score (nSPS) is 25.9. The number of ether oxygens (including phenoxy) is 2. The Bertz CT molecular complexity index is 311. The molecule has 3 atom stereocenters. The monoisotopic (exact) mass is 284 g/mol. The molecule has 0 aliphatic carbocycles. The van der Waals surface area contributed by atoms with E-state index in [0.29, 0.717) is 0 Å². The van der Waals surface area contributed by atoms with Crippen molar-refractivity contribution in [3.8, 4) is 0 Å². The second-order valence-corrected chi connectivity index (χ2v) is 7.23. The van der Waals surface area contributed by atoms with E-state index in [0.717, 1.165) is 19.4 Å². The van der Waals surface area contributed by atoms with E-state index < -0.39 is 5.60 Å². The Balaban J connectivity index is 2.63. The molecular weight excluding hydrogens is 252 g/mol. The van der Waals surface area contributed by atoms with Crippen LogP contribution in [0, 0.1) is 11.3 Å². The molecular formula is C17H32O3. The Morgan fingerprint density at radius 2 is 1.85 bits per heavy atom. The minimum atomic E-state index is -0.835. The summed E-state index contributed by atoms with van der Waals surface area (Å²) in [5.41, 5.74) is -1.04. The Kier molecular flexibility index (Phi) is 6.24. The zero-order valence-electron chi connectivity index (χ0n) is 14.0. The van der Waals surface area contributed by atoms with Gasteiger partial charge < -0.3 is 14.6 Å². The largest absolute Gasteiger partial charge is 0.385 e. The van der Waals surface area contributed by atoms with Crippen molar-refractivity contribution in [2.45, 2.75) is 78.8 Å². The molecule has 1 N–H and O–H groups in total. The topological polar surface area (TPSA) is 38.7 Å². The van der Waals surface area contributed by atoms with Crippen molar-refractivity contribution in [1.29, 1.82) is 0 Å². The predicted molar refractivity (Wildman–Crippen MR) is 82.5 cm³/mol. The van der Waals surface area contributed by atoms with Crippen LogP contribution in [0.3, 0.4) is 0 Å². The first-order valence-corrected chi connectivity index (χ1v) is 7.85. The van der Waals surface area contributed by atoms with Gasteiger partial charge in [-0.1, -0.05) is 46.8 Å². The van der Waals surface area contributed by atoms with Crippen LogP contribution in [0.15, 0.2) is 12.2 Å². The van der Waals surface area contributed by atoms with Crippen LogP contribution < -0.4 is 0 Å². The zero-order chi connectivity index (χ0) is 15.4. The summed E-state index contributed by atoms with van der Waals surface area (Å²) in [5.74, 6) is 0.150. The van der Waals surface area contributed by atoms with Crippen LogP contribution in [-0.2, 0) is 9.47 Å². The molecule has 3 heteroatoms. The number of hydrogen-bond donors (Lipinski definition) is 1. The van der Waals surface area contributed by atoms with E-state index in [9.17, 15) is 5.11 Å². The molecule has 1 heterocycles. The smallest absolute Gasteiger partial charge is 0.158 e. The van der Waals surface area contributed by atoms with Crippen LogP contribution >= 0.6 is 0 Å². The molecule has 3 unspecified atom stereocenters. The molecule has 1 fully saturated rings. The van der Waals surface area contributed by atoms with Crippen LogP contribution in [0.5, 0.6) is 0 Å². The lowest BCUT2D eigenvalue weighted by Crippen LogP contribution is -2.45. The predicted octanol–water partition coefficient (Wildman–Crippen LogP) is 3.91. The Morgan fingerprint density at radius 3 is 2.30 bits per heavy atom. The molecule has 0 aromatic rings. The molecule has 20 heavy (non-hydrogen) atoms. The van der Waals surface area contributed by atoms with Gasteiger partial charge in [-0.15, -0.1) is 0 Å². The first-order valence-electron chi connectivity index (χ1n) is 7.85. The highest BCUT2D eigenvalue weighted by molar-refractivity contribution is 5.10. The van der Waals surface area contributed by atoms with Crippen LogP contribution in [0.2, 0.25) is 0 Å². The highest BCUT2D eigenvalue weighted by Crippen LogP contribution is 2.37. The fourth-order valence-electron chi connectivity index (χ4n) is 2.69. The van der Waals surface area contributed by atoms with Gasteiger partial charge in [-0.3, -0.25) is 0 Å². The maximum absolute atomic E-state index is 10.9. The average molecular weight is 284 g/mol. The van der Waals surface area contributed by atoms with Crippen LogP contribution in [-0.4, -0.2) is 29.7 Å². The quantitative estimate of drug-likeness (QED) is 0.778. The lowest BCUT2D eigenvalue weighted by Gasteiger charge is -2.41. The van der Waals surface area contributed by atoms with E-state index in [2.05, 4.69) is 20.8 Å². The van der Waals surface area contributed by atoms with Crippen molar-refractivity contribution in [2.24, 2.45) is 11.3 Å². The first kappa shape index (κ1) is 17.7. The molecule has 1 saturated heterocycles. The summed E-state index contributed by atoms with van der Waals surface area (Å²) in [5, 5.41) is 10.9. The standard InChI is InChI=1S/C17H32O3/c1-13(2)17(18,16(4,5)6)11-10-14(3)20-15-9-7-8-12-19-15/h10-11,13-15,18H,7-9,12H2,1-6H3. The SMILES string of the molecule is CC(C=CC(O)(C(C)C)C(C)(C)C)OC1CCCCO1. The van der Waals surface area contributed by atoms with Gasteiger partial charge in [-0.05, 0) is 37.5 Å². The second-order valence-electron chi connectivity index (χ2n) is 7.23. The number of aliphatic hydroxyl groups is 1. The third-order valence-corrected chi connectivity index (χ3v) is 4.21. The molecule has 0 amide bonds. The van der Waals surface area contributed by atoms with E-state index in [-0.39, 0.29) is 23.7 Å².